The Labute approximate surface area is 143 Å². The molecule has 0 fully saturated rings. The Morgan fingerprint density at radius 1 is 1.12 bits per heavy atom. The third kappa shape index (κ3) is 3.85. The highest BCUT2D eigenvalue weighted by molar-refractivity contribution is 7.92. The van der Waals surface area contributed by atoms with E-state index in [9.17, 15) is 35.9 Å². The predicted octanol–water partition coefficient (Wildman–Crippen LogP) is 3.73. The lowest BCUT2D eigenvalue weighted by Crippen LogP contribution is -2.23. The number of carbonyl (C=O) groups excluding carboxylic acids is 1. The molecule has 0 saturated carbocycles. The molecule has 2 rings (SSSR count). The van der Waals surface area contributed by atoms with Gasteiger partial charge in [-0.15, -0.1) is 0 Å². The van der Waals surface area contributed by atoms with E-state index in [-0.39, 0.29) is 11.3 Å². The number of benzene rings is 2. The van der Waals surface area contributed by atoms with Crippen molar-refractivity contribution in [1.29, 1.82) is 0 Å². The minimum absolute atomic E-state index is 0.198. The zero-order chi connectivity index (χ0) is 19.0. The van der Waals surface area contributed by atoms with Gasteiger partial charge in [-0.2, -0.15) is 13.2 Å². The van der Waals surface area contributed by atoms with Crippen LogP contribution in [0.1, 0.15) is 10.4 Å². The Kier molecular flexibility index (Phi) is 4.96. The van der Waals surface area contributed by atoms with Crippen molar-refractivity contribution in [3.63, 3.8) is 0 Å². The lowest BCUT2D eigenvalue weighted by molar-refractivity contribution is -0.0436. The van der Waals surface area contributed by atoms with E-state index in [0.29, 0.717) is 18.2 Å². The van der Waals surface area contributed by atoms with Gasteiger partial charge in [-0.25, -0.2) is 12.8 Å². The fraction of sp³-hybridized carbons (Fsp3) is 0.0714. The molecule has 134 valence electrons. The molecule has 0 unspecified atom stereocenters. The maximum Gasteiger partial charge on any atom is 0.501 e. The van der Waals surface area contributed by atoms with Crippen molar-refractivity contribution in [2.24, 2.45) is 0 Å². The number of phenols is 1. The van der Waals surface area contributed by atoms with Gasteiger partial charge in [0.05, 0.1) is 21.2 Å². The number of rotatable bonds is 3. The van der Waals surface area contributed by atoms with E-state index in [1.165, 1.54) is 0 Å². The Morgan fingerprint density at radius 3 is 2.28 bits per heavy atom. The third-order valence-electron chi connectivity index (χ3n) is 3.01. The number of carbonyl (C=O) groups is 1. The summed E-state index contributed by atoms with van der Waals surface area (Å²) in [4.78, 5) is 10.9. The maximum atomic E-state index is 12.9. The van der Waals surface area contributed by atoms with Gasteiger partial charge in [0.2, 0.25) is 0 Å². The van der Waals surface area contributed by atoms with Gasteiger partial charge < -0.3 is 10.4 Å². The molecule has 5 nitrogen and oxygen atoms in total. The zero-order valence-electron chi connectivity index (χ0n) is 11.9. The van der Waals surface area contributed by atoms with Gasteiger partial charge in [0.1, 0.15) is 11.6 Å². The molecule has 0 aliphatic heterocycles. The van der Waals surface area contributed by atoms with Gasteiger partial charge in [-0.05, 0) is 30.3 Å². The fourth-order valence-corrected chi connectivity index (χ4v) is 2.86. The van der Waals surface area contributed by atoms with E-state index in [4.69, 9.17) is 11.6 Å². The SMILES string of the molecule is O=C(Nc1ccc(S(=O)(=O)C(F)(F)F)cc1Cl)c1ccc(F)cc1O. The van der Waals surface area contributed by atoms with Crippen LogP contribution in [0, 0.1) is 5.82 Å². The Morgan fingerprint density at radius 2 is 1.76 bits per heavy atom. The van der Waals surface area contributed by atoms with Crippen LogP contribution >= 0.6 is 11.6 Å². The molecule has 1 amide bonds. The molecule has 0 radical (unpaired) electrons. The number of sulfone groups is 1. The third-order valence-corrected chi connectivity index (χ3v) is 4.80. The Hall–Kier alpha value is -2.33. The average Bonchev–Trinajstić information content (AvgIpc) is 2.47. The first-order chi connectivity index (χ1) is 11.4. The largest absolute Gasteiger partial charge is 0.507 e. The van der Waals surface area contributed by atoms with Crippen LogP contribution in [0.2, 0.25) is 5.02 Å². The molecule has 11 heteroatoms. The molecule has 2 aromatic carbocycles. The first kappa shape index (κ1) is 19.0. The monoisotopic (exact) mass is 397 g/mol. The summed E-state index contributed by atoms with van der Waals surface area (Å²) >= 11 is 5.71. The molecule has 0 aliphatic rings. The number of anilines is 1. The van der Waals surface area contributed by atoms with Crippen molar-refractivity contribution in [3.05, 3.63) is 52.8 Å². The molecule has 0 bridgehead atoms. The molecule has 2 aromatic rings. The van der Waals surface area contributed by atoms with Crippen LogP contribution in [-0.4, -0.2) is 24.9 Å². The number of amides is 1. The van der Waals surface area contributed by atoms with Gasteiger partial charge in [-0.3, -0.25) is 4.79 Å². The number of aromatic hydroxyl groups is 1. The van der Waals surface area contributed by atoms with E-state index in [0.717, 1.165) is 18.2 Å². The summed E-state index contributed by atoms with van der Waals surface area (Å²) in [5.74, 6) is -2.37. The average molecular weight is 398 g/mol. The number of phenolic OH excluding ortho intramolecular Hbond substituents is 1. The maximum absolute atomic E-state index is 12.9. The minimum Gasteiger partial charge on any atom is -0.507 e. The van der Waals surface area contributed by atoms with Gasteiger partial charge in [0.25, 0.3) is 15.7 Å². The molecule has 0 spiro atoms. The highest BCUT2D eigenvalue weighted by Gasteiger charge is 2.47. The normalized spacial score (nSPS) is 12.0. The summed E-state index contributed by atoms with van der Waals surface area (Å²) < 4.78 is 73.0. The summed E-state index contributed by atoms with van der Waals surface area (Å²) in [5.41, 5.74) is -6.01. The zero-order valence-corrected chi connectivity index (χ0v) is 13.5. The van der Waals surface area contributed by atoms with E-state index >= 15 is 0 Å². The Bertz CT molecular complexity index is 944. The minimum atomic E-state index is -5.59. The second-order valence-corrected chi connectivity index (χ2v) is 7.05. The van der Waals surface area contributed by atoms with E-state index in [1.54, 1.807) is 0 Å². The highest BCUT2D eigenvalue weighted by atomic mass is 35.5. The van der Waals surface area contributed by atoms with Crippen molar-refractivity contribution in [1.82, 2.24) is 0 Å². The van der Waals surface area contributed by atoms with Crippen LogP contribution in [0.3, 0.4) is 0 Å². The molecule has 25 heavy (non-hydrogen) atoms. The van der Waals surface area contributed by atoms with E-state index in [2.05, 4.69) is 5.32 Å². The van der Waals surface area contributed by atoms with Crippen LogP contribution in [0.25, 0.3) is 0 Å². The second kappa shape index (κ2) is 6.52. The van der Waals surface area contributed by atoms with Crippen molar-refractivity contribution in [2.45, 2.75) is 10.4 Å². The van der Waals surface area contributed by atoms with Gasteiger partial charge in [0.15, 0.2) is 0 Å². The first-order valence-corrected chi connectivity index (χ1v) is 8.20. The second-order valence-electron chi connectivity index (χ2n) is 4.71. The van der Waals surface area contributed by atoms with Gasteiger partial charge in [0, 0.05) is 6.07 Å². The smallest absolute Gasteiger partial charge is 0.501 e. The standard InChI is InChI=1S/C14H8ClF4NO4S/c15-10-6-8(25(23,24)14(17,18)19)2-4-11(10)20-13(22)9-3-1-7(16)5-12(9)21/h1-6,21H,(H,20,22). The number of hydrogen-bond donors (Lipinski definition) is 2. The summed E-state index contributed by atoms with van der Waals surface area (Å²) in [6, 6.07) is 4.60. The van der Waals surface area contributed by atoms with E-state index in [1.807, 2.05) is 0 Å². The van der Waals surface area contributed by atoms with Crippen LogP contribution in [0.15, 0.2) is 41.3 Å². The van der Waals surface area contributed by atoms with Crippen molar-refractivity contribution >= 4 is 33.0 Å². The quantitative estimate of drug-likeness (QED) is 0.773. The number of alkyl halides is 3. The predicted molar refractivity (Wildman–Crippen MR) is 80.7 cm³/mol. The molecule has 2 N–H and O–H groups in total. The van der Waals surface area contributed by atoms with E-state index < -0.39 is 42.7 Å². The van der Waals surface area contributed by atoms with Crippen molar-refractivity contribution in [3.8, 4) is 5.75 Å². The molecule has 0 aromatic heterocycles. The molecule has 0 atom stereocenters. The van der Waals surface area contributed by atoms with Crippen molar-refractivity contribution < 1.29 is 35.9 Å². The molecular weight excluding hydrogens is 390 g/mol. The topological polar surface area (TPSA) is 83.5 Å². The van der Waals surface area contributed by atoms with Gasteiger partial charge in [-0.1, -0.05) is 11.6 Å². The lowest BCUT2D eigenvalue weighted by Gasteiger charge is -2.11. The molecule has 0 heterocycles. The molecular formula is C14H8ClF4NO4S. The number of hydrogen-bond acceptors (Lipinski definition) is 4. The van der Waals surface area contributed by atoms with Crippen LogP contribution in [0.4, 0.5) is 23.2 Å². The summed E-state index contributed by atoms with van der Waals surface area (Å²) in [6.45, 7) is 0. The van der Waals surface area contributed by atoms with Crippen LogP contribution < -0.4 is 5.32 Å². The van der Waals surface area contributed by atoms with Crippen LogP contribution in [0.5, 0.6) is 5.75 Å². The number of halogens is 5. The van der Waals surface area contributed by atoms with Gasteiger partial charge >= 0.3 is 5.51 Å². The molecule has 0 saturated heterocycles. The highest BCUT2D eigenvalue weighted by Crippen LogP contribution is 2.34. The molecule has 0 aliphatic carbocycles. The number of nitrogens with one attached hydrogen (secondary N) is 1. The summed E-state index contributed by atoms with van der Waals surface area (Å²) in [5, 5.41) is 11.2. The fourth-order valence-electron chi connectivity index (χ4n) is 1.78. The Balaban J connectivity index is 2.32. The first-order valence-electron chi connectivity index (χ1n) is 6.34. The summed E-state index contributed by atoms with van der Waals surface area (Å²) in [7, 11) is -5.59. The summed E-state index contributed by atoms with van der Waals surface area (Å²) in [6.07, 6.45) is 0. The lowest BCUT2D eigenvalue weighted by atomic mass is 10.2. The van der Waals surface area contributed by atoms with Crippen molar-refractivity contribution in [2.75, 3.05) is 5.32 Å². The van der Waals surface area contributed by atoms with Crippen LogP contribution in [-0.2, 0) is 9.84 Å².